The molecular weight excluding hydrogens is 276 g/mol. The third-order valence-corrected chi connectivity index (χ3v) is 5.74. The molecule has 0 saturated heterocycles. The van der Waals surface area contributed by atoms with Crippen molar-refractivity contribution in [3.05, 3.63) is 41.4 Å². The van der Waals surface area contributed by atoms with Gasteiger partial charge >= 0.3 is 5.04 Å². The maximum absolute atomic E-state index is 12.4. The summed E-state index contributed by atoms with van der Waals surface area (Å²) in [6, 6.07) is 8.00. The Kier molecular flexibility index (Phi) is 4.47. The molecule has 0 aromatic heterocycles. The summed E-state index contributed by atoms with van der Waals surface area (Å²) < 4.78 is 24.8. The summed E-state index contributed by atoms with van der Waals surface area (Å²) in [4.78, 5) is 15.0. The zero-order valence-electron chi connectivity index (χ0n) is 11.0. The molecule has 0 amide bonds. The third-order valence-electron chi connectivity index (χ3n) is 3.58. The molecule has 0 bridgehead atoms. The number of nitrogens with zero attached hydrogens (tertiary/aromatic N) is 2. The van der Waals surface area contributed by atoms with Crippen molar-refractivity contribution in [3.8, 4) is 0 Å². The third kappa shape index (κ3) is 2.86. The van der Waals surface area contributed by atoms with Crippen molar-refractivity contribution < 1.29 is 18.0 Å². The van der Waals surface area contributed by atoms with Gasteiger partial charge in [0.1, 0.15) is 0 Å². The van der Waals surface area contributed by atoms with Crippen molar-refractivity contribution in [1.82, 2.24) is 0 Å². The molecule has 1 fully saturated rings. The highest BCUT2D eigenvalue weighted by atomic mass is 32.2. The number of sulfone groups is 1. The predicted molar refractivity (Wildman–Crippen MR) is 75.2 cm³/mol. The van der Waals surface area contributed by atoms with Gasteiger partial charge < -0.3 is 5.53 Å². The van der Waals surface area contributed by atoms with Crippen LogP contribution in [0.1, 0.15) is 42.5 Å². The van der Waals surface area contributed by atoms with Crippen LogP contribution in [0.15, 0.2) is 30.3 Å². The van der Waals surface area contributed by atoms with Gasteiger partial charge in [0.15, 0.2) is 0 Å². The van der Waals surface area contributed by atoms with Crippen LogP contribution in [-0.2, 0) is 9.84 Å². The zero-order valence-corrected chi connectivity index (χ0v) is 11.8. The van der Waals surface area contributed by atoms with Crippen molar-refractivity contribution >= 4 is 20.7 Å². The quantitative estimate of drug-likeness (QED) is 0.281. The second kappa shape index (κ2) is 6.11. The molecule has 0 aliphatic heterocycles. The fourth-order valence-electron chi connectivity index (χ4n) is 2.48. The lowest BCUT2D eigenvalue weighted by Gasteiger charge is -2.19. The van der Waals surface area contributed by atoms with Crippen LogP contribution in [0.2, 0.25) is 0 Å². The van der Waals surface area contributed by atoms with Gasteiger partial charge in [-0.1, -0.05) is 49.6 Å². The van der Waals surface area contributed by atoms with Crippen LogP contribution < -0.4 is 0 Å². The predicted octanol–water partition coefficient (Wildman–Crippen LogP) is 2.25. The van der Waals surface area contributed by atoms with Crippen molar-refractivity contribution in [2.24, 2.45) is 0 Å². The second-order valence-electron chi connectivity index (χ2n) is 4.91. The van der Waals surface area contributed by atoms with Gasteiger partial charge in [0.2, 0.25) is 0 Å². The largest absolute Gasteiger partial charge is 0.452 e. The first-order valence-corrected chi connectivity index (χ1v) is 8.17. The minimum absolute atomic E-state index is 0.208. The van der Waals surface area contributed by atoms with E-state index in [0.29, 0.717) is 12.8 Å². The standard InChI is InChI=1S/C14H16N2O3S/c15-16-14(13(17)11-7-3-1-4-8-11)20(18,19)12-9-5-2-6-10-12/h1,3-4,7-8,12H,2,5-6,9-10H2. The Labute approximate surface area is 118 Å². The first-order chi connectivity index (χ1) is 9.57. The Hall–Kier alpha value is -1.78. The lowest BCUT2D eigenvalue weighted by molar-refractivity contribution is -0.00169. The van der Waals surface area contributed by atoms with E-state index >= 15 is 0 Å². The van der Waals surface area contributed by atoms with Crippen molar-refractivity contribution in [2.75, 3.05) is 0 Å². The molecule has 106 valence electrons. The SMILES string of the molecule is [N-]=[N+]=C(C(=O)c1ccccc1)S(=O)(=O)C1CCCCC1. The fraction of sp³-hybridized carbons (Fsp3) is 0.429. The molecule has 0 radical (unpaired) electrons. The highest BCUT2D eigenvalue weighted by molar-refractivity contribution is 8.08. The first-order valence-electron chi connectivity index (χ1n) is 6.63. The molecule has 0 heterocycles. The van der Waals surface area contributed by atoms with Gasteiger partial charge in [-0.05, 0) is 12.8 Å². The van der Waals surface area contributed by atoms with Crippen LogP contribution in [0, 0.1) is 0 Å². The van der Waals surface area contributed by atoms with Gasteiger partial charge in [-0.15, -0.1) is 4.79 Å². The normalized spacial score (nSPS) is 16.4. The van der Waals surface area contributed by atoms with Crippen molar-refractivity contribution in [1.29, 1.82) is 0 Å². The molecule has 0 unspecified atom stereocenters. The number of hydrogen-bond donors (Lipinski definition) is 0. The fourth-order valence-corrected chi connectivity index (χ4v) is 4.24. The Morgan fingerprint density at radius 3 is 2.25 bits per heavy atom. The molecule has 1 saturated carbocycles. The van der Waals surface area contributed by atoms with Gasteiger partial charge in [-0.25, -0.2) is 8.42 Å². The van der Waals surface area contributed by atoms with Gasteiger partial charge in [0.05, 0.1) is 5.25 Å². The van der Waals surface area contributed by atoms with E-state index < -0.39 is 25.9 Å². The summed E-state index contributed by atoms with van der Waals surface area (Å²) in [5.74, 6) is -0.751. The maximum atomic E-state index is 12.4. The number of carbonyl (C=O) groups is 1. The van der Waals surface area contributed by atoms with Gasteiger partial charge in [0, 0.05) is 5.56 Å². The number of carbonyl (C=O) groups excluding carboxylic acids is 1. The number of ketones is 1. The molecule has 0 spiro atoms. The van der Waals surface area contributed by atoms with Crippen LogP contribution in [0.3, 0.4) is 0 Å². The summed E-state index contributed by atoms with van der Waals surface area (Å²) in [6.45, 7) is 0. The van der Waals surface area contributed by atoms with E-state index in [-0.39, 0.29) is 5.56 Å². The Balaban J connectivity index is 2.33. The summed E-state index contributed by atoms with van der Waals surface area (Å²) in [7, 11) is -3.87. The highest BCUT2D eigenvalue weighted by Gasteiger charge is 2.42. The maximum Gasteiger partial charge on any atom is 0.452 e. The van der Waals surface area contributed by atoms with E-state index in [0.717, 1.165) is 19.3 Å². The molecule has 5 nitrogen and oxygen atoms in total. The topological polar surface area (TPSA) is 87.6 Å². The van der Waals surface area contributed by atoms with E-state index in [1.54, 1.807) is 18.2 Å². The molecule has 1 aliphatic rings. The van der Waals surface area contributed by atoms with E-state index in [1.807, 2.05) is 0 Å². The Morgan fingerprint density at radius 2 is 1.70 bits per heavy atom. The van der Waals surface area contributed by atoms with Crippen LogP contribution in [0.25, 0.3) is 5.53 Å². The number of benzene rings is 1. The van der Waals surface area contributed by atoms with Gasteiger partial charge in [-0.3, -0.25) is 4.79 Å². The summed E-state index contributed by atoms with van der Waals surface area (Å²) in [5.41, 5.74) is 9.22. The molecule has 1 aromatic carbocycles. The Bertz CT molecular complexity index is 640. The number of rotatable bonds is 3. The Morgan fingerprint density at radius 1 is 1.10 bits per heavy atom. The minimum atomic E-state index is -3.87. The molecule has 2 rings (SSSR count). The summed E-state index contributed by atoms with van der Waals surface area (Å²) in [5, 5.41) is -1.36. The lowest BCUT2D eigenvalue weighted by Crippen LogP contribution is -2.35. The summed E-state index contributed by atoms with van der Waals surface area (Å²) in [6.07, 6.45) is 3.68. The van der Waals surface area contributed by atoms with Crippen LogP contribution in [-0.4, -0.2) is 29.3 Å². The lowest BCUT2D eigenvalue weighted by atomic mass is 10.0. The number of hydrogen-bond acceptors (Lipinski definition) is 3. The molecule has 1 aliphatic carbocycles. The molecule has 6 heteroatoms. The van der Waals surface area contributed by atoms with Gasteiger partial charge in [-0.2, -0.15) is 0 Å². The van der Waals surface area contributed by atoms with E-state index in [2.05, 4.69) is 4.79 Å². The van der Waals surface area contributed by atoms with E-state index in [4.69, 9.17) is 5.53 Å². The van der Waals surface area contributed by atoms with Crippen molar-refractivity contribution in [3.63, 3.8) is 0 Å². The monoisotopic (exact) mass is 292 g/mol. The smallest absolute Gasteiger partial charge is 0.360 e. The summed E-state index contributed by atoms with van der Waals surface area (Å²) >= 11 is 0. The van der Waals surface area contributed by atoms with Crippen molar-refractivity contribution in [2.45, 2.75) is 37.4 Å². The minimum Gasteiger partial charge on any atom is -0.360 e. The number of Topliss-reactive ketones (excluding diaryl/α,β-unsaturated/α-hetero) is 1. The zero-order chi connectivity index (χ0) is 14.6. The first kappa shape index (κ1) is 14.6. The average Bonchev–Trinajstić information content (AvgIpc) is 2.49. The molecule has 20 heavy (non-hydrogen) atoms. The van der Waals surface area contributed by atoms with E-state index in [9.17, 15) is 13.2 Å². The molecule has 1 aromatic rings. The molecule has 0 atom stereocenters. The van der Waals surface area contributed by atoms with Gasteiger partial charge in [0.25, 0.3) is 15.6 Å². The molecule has 0 N–H and O–H groups in total. The van der Waals surface area contributed by atoms with E-state index in [1.165, 1.54) is 12.1 Å². The average molecular weight is 292 g/mol. The second-order valence-corrected chi connectivity index (χ2v) is 7.05. The van der Waals surface area contributed by atoms with Crippen LogP contribution >= 0.6 is 0 Å². The van der Waals surface area contributed by atoms with Crippen LogP contribution in [0.5, 0.6) is 0 Å². The highest BCUT2D eigenvalue weighted by Crippen LogP contribution is 2.25. The molecular formula is C14H16N2O3S. The van der Waals surface area contributed by atoms with Crippen LogP contribution in [0.4, 0.5) is 0 Å².